The molecule has 0 rings (SSSR count). The molecule has 0 aromatic heterocycles. The van der Waals surface area contributed by atoms with Gasteiger partial charge in [-0.05, 0) is 0 Å². The molecule has 5 N–H and O–H groups in total. The third-order valence-electron chi connectivity index (χ3n) is 1.58. The quantitative estimate of drug-likeness (QED) is 0.288. The summed E-state index contributed by atoms with van der Waals surface area (Å²) in [7, 11) is 1.31. The first-order valence-electron chi connectivity index (χ1n) is 6.57. The molecule has 0 amide bonds. The Morgan fingerprint density at radius 1 is 0.786 bits per heavy atom. The van der Waals surface area contributed by atoms with Crippen molar-refractivity contribution in [3.05, 3.63) is 49.6 Å². The van der Waals surface area contributed by atoms with Gasteiger partial charge in [-0.3, -0.25) is 4.79 Å². The maximum atomic E-state index is 9.87. The van der Waals surface area contributed by atoms with Gasteiger partial charge in [0.1, 0.15) is 0 Å². The van der Waals surface area contributed by atoms with Gasteiger partial charge in [-0.1, -0.05) is 19.7 Å². The zero-order valence-corrected chi connectivity index (χ0v) is 14.7. The Hall–Kier alpha value is -4.22. The number of ether oxygens (including phenoxy) is 1. The van der Waals surface area contributed by atoms with E-state index in [1.807, 2.05) is 0 Å². The van der Waals surface area contributed by atoms with Crippen LogP contribution in [0.4, 0.5) is 0 Å². The summed E-state index contributed by atoms with van der Waals surface area (Å²) < 4.78 is 4.14. The van der Waals surface area contributed by atoms with Crippen molar-refractivity contribution < 1.29 is 59.0 Å². The molecular weight excluding hydrogens is 384 g/mol. The lowest BCUT2D eigenvalue weighted by atomic mass is 10.2. The molecule has 0 atom stereocenters. The third kappa shape index (κ3) is 43.1. The van der Waals surface area contributed by atoms with E-state index in [-0.39, 0.29) is 5.57 Å². The Kier molecular flexibility index (Phi) is 23.5. The lowest BCUT2D eigenvalue weighted by Gasteiger charge is -1.91. The number of aliphatic carboxylic acids is 5. The molecule has 0 aliphatic carbocycles. The smallest absolute Gasteiger partial charge is 0.331 e. The van der Waals surface area contributed by atoms with E-state index in [1.165, 1.54) is 7.11 Å². The predicted molar refractivity (Wildman–Crippen MR) is 93.5 cm³/mol. The number of carboxylic acid groups (broad SMARTS) is 5. The molecule has 12 nitrogen and oxygen atoms in total. The van der Waals surface area contributed by atoms with Crippen LogP contribution in [0.3, 0.4) is 0 Å². The van der Waals surface area contributed by atoms with Crippen molar-refractivity contribution >= 4 is 35.8 Å². The Labute approximate surface area is 159 Å². The summed E-state index contributed by atoms with van der Waals surface area (Å²) in [6, 6.07) is 0. The minimum Gasteiger partial charge on any atom is -0.481 e. The molecule has 0 fully saturated rings. The van der Waals surface area contributed by atoms with Crippen molar-refractivity contribution in [2.75, 3.05) is 7.11 Å². The van der Waals surface area contributed by atoms with E-state index in [9.17, 15) is 28.8 Å². The molecule has 0 aromatic carbocycles. The Balaban J connectivity index is -0.000000141. The minimum atomic E-state index is -1.27. The second-order valence-electron chi connectivity index (χ2n) is 3.76. The zero-order chi connectivity index (χ0) is 23.3. The molecule has 156 valence electrons. The SMILES string of the molecule is C=C(CC(=O)O)C(=O)O.C=CC(=O)O.C=CC(=O)OC.O=C(O)/C=C\C(=O)O. The van der Waals surface area contributed by atoms with Gasteiger partial charge in [0.25, 0.3) is 0 Å². The number of hydrogen-bond acceptors (Lipinski definition) is 7. The maximum absolute atomic E-state index is 9.87. The average molecular weight is 404 g/mol. The Morgan fingerprint density at radius 3 is 1.21 bits per heavy atom. The van der Waals surface area contributed by atoms with E-state index >= 15 is 0 Å². The summed E-state index contributed by atoms with van der Waals surface area (Å²) >= 11 is 0. The van der Waals surface area contributed by atoms with Crippen LogP contribution in [0.1, 0.15) is 6.42 Å². The number of carboxylic acids is 5. The van der Waals surface area contributed by atoms with Gasteiger partial charge >= 0.3 is 35.8 Å². The van der Waals surface area contributed by atoms with Crippen LogP contribution >= 0.6 is 0 Å². The standard InChI is InChI=1S/C5H6O4.C4H4O4.C4H6O2.C3H4O2/c1-3(5(8)9)2-4(6)7;5-3(6)1-2-4(7)8;1-3-4(5)6-2;1-2-3(4)5/h1-2H2,(H,6,7)(H,8,9);1-2H,(H,5,6)(H,7,8);3H,1H2,2H3;2H,1H2,(H,4,5)/b;2-1-;;. The van der Waals surface area contributed by atoms with Crippen LogP contribution in [0, 0.1) is 0 Å². The van der Waals surface area contributed by atoms with Gasteiger partial charge in [0.2, 0.25) is 0 Å². The number of methoxy groups -OCH3 is 1. The molecule has 0 unspecified atom stereocenters. The minimum absolute atomic E-state index is 0.303. The van der Waals surface area contributed by atoms with E-state index in [0.29, 0.717) is 12.2 Å². The van der Waals surface area contributed by atoms with Gasteiger partial charge in [-0.2, -0.15) is 0 Å². The Morgan fingerprint density at radius 2 is 1.14 bits per heavy atom. The van der Waals surface area contributed by atoms with E-state index in [0.717, 1.165) is 12.2 Å². The maximum Gasteiger partial charge on any atom is 0.331 e. The van der Waals surface area contributed by atoms with Crippen molar-refractivity contribution in [3.63, 3.8) is 0 Å². The van der Waals surface area contributed by atoms with Crippen LogP contribution in [0.5, 0.6) is 0 Å². The fraction of sp³-hybridized carbons (Fsp3) is 0.125. The molecule has 0 heterocycles. The highest BCUT2D eigenvalue weighted by molar-refractivity contribution is 5.91. The largest absolute Gasteiger partial charge is 0.481 e. The van der Waals surface area contributed by atoms with E-state index in [2.05, 4.69) is 24.5 Å². The summed E-state index contributed by atoms with van der Waals surface area (Å²) in [6.45, 7) is 9.13. The topological polar surface area (TPSA) is 213 Å². The summed E-state index contributed by atoms with van der Waals surface area (Å²) in [6.07, 6.45) is 2.56. The first-order valence-corrected chi connectivity index (χ1v) is 6.57. The summed E-state index contributed by atoms with van der Waals surface area (Å²) in [5.74, 6) is -6.33. The van der Waals surface area contributed by atoms with Gasteiger partial charge in [0.05, 0.1) is 13.5 Å². The summed E-state index contributed by atoms with van der Waals surface area (Å²) in [5, 5.41) is 39.3. The van der Waals surface area contributed by atoms with Crippen molar-refractivity contribution in [3.8, 4) is 0 Å². The number of hydrogen-bond donors (Lipinski definition) is 5. The fourth-order valence-electron chi connectivity index (χ4n) is 0.484. The predicted octanol–water partition coefficient (Wildman–Crippen LogP) is 0.416. The fourth-order valence-corrected chi connectivity index (χ4v) is 0.484. The summed E-state index contributed by atoms with van der Waals surface area (Å²) in [4.78, 5) is 57.9. The molecule has 0 aromatic rings. The molecule has 0 saturated heterocycles. The van der Waals surface area contributed by atoms with Gasteiger partial charge in [0, 0.05) is 29.9 Å². The van der Waals surface area contributed by atoms with Gasteiger partial charge in [-0.25, -0.2) is 24.0 Å². The number of carbonyl (C=O) groups is 6. The molecule has 0 bridgehead atoms. The van der Waals surface area contributed by atoms with E-state index in [1.54, 1.807) is 0 Å². The first kappa shape index (κ1) is 31.5. The highest BCUT2D eigenvalue weighted by Gasteiger charge is 2.07. The molecule has 12 heteroatoms. The molecule has 0 aliphatic rings. The molecular formula is C16H20O12. The second kappa shape index (κ2) is 20.8. The first-order chi connectivity index (χ1) is 12.7. The number of rotatable bonds is 7. The van der Waals surface area contributed by atoms with Crippen LogP contribution in [0.2, 0.25) is 0 Å². The number of carbonyl (C=O) groups excluding carboxylic acids is 1. The van der Waals surface area contributed by atoms with Gasteiger partial charge in [-0.15, -0.1) is 0 Å². The van der Waals surface area contributed by atoms with Crippen LogP contribution in [0.25, 0.3) is 0 Å². The van der Waals surface area contributed by atoms with E-state index in [4.69, 9.17) is 25.5 Å². The highest BCUT2D eigenvalue weighted by atomic mass is 16.5. The van der Waals surface area contributed by atoms with Crippen molar-refractivity contribution in [1.82, 2.24) is 0 Å². The normalized spacial score (nSPS) is 8.04. The van der Waals surface area contributed by atoms with Crippen molar-refractivity contribution in [2.24, 2.45) is 0 Å². The average Bonchev–Trinajstić information content (AvgIpc) is 2.60. The second-order valence-corrected chi connectivity index (χ2v) is 3.76. The lowest BCUT2D eigenvalue weighted by molar-refractivity contribution is -0.139. The van der Waals surface area contributed by atoms with Crippen LogP contribution in [-0.4, -0.2) is 68.5 Å². The number of esters is 1. The third-order valence-corrected chi connectivity index (χ3v) is 1.58. The van der Waals surface area contributed by atoms with Crippen LogP contribution in [-0.2, 0) is 33.5 Å². The van der Waals surface area contributed by atoms with Crippen molar-refractivity contribution in [2.45, 2.75) is 6.42 Å². The van der Waals surface area contributed by atoms with Crippen molar-refractivity contribution in [1.29, 1.82) is 0 Å². The van der Waals surface area contributed by atoms with Gasteiger partial charge < -0.3 is 30.3 Å². The monoisotopic (exact) mass is 404 g/mol. The molecule has 28 heavy (non-hydrogen) atoms. The molecule has 0 aliphatic heterocycles. The molecule has 0 spiro atoms. The molecule has 0 radical (unpaired) electrons. The van der Waals surface area contributed by atoms with Crippen LogP contribution in [0.15, 0.2) is 49.6 Å². The van der Waals surface area contributed by atoms with E-state index < -0.39 is 42.2 Å². The Bertz CT molecular complexity index is 612. The molecule has 0 saturated carbocycles. The highest BCUT2D eigenvalue weighted by Crippen LogP contribution is 1.95. The lowest BCUT2D eigenvalue weighted by Crippen LogP contribution is -2.04. The van der Waals surface area contributed by atoms with Crippen LogP contribution < -0.4 is 0 Å². The zero-order valence-electron chi connectivity index (χ0n) is 14.7. The van der Waals surface area contributed by atoms with Gasteiger partial charge in [0.15, 0.2) is 0 Å². The summed E-state index contributed by atoms with van der Waals surface area (Å²) in [5.41, 5.74) is -0.303.